The normalized spacial score (nSPS) is 17.0. The van der Waals surface area contributed by atoms with Gasteiger partial charge in [-0.05, 0) is 65.0 Å². The number of thiocarbonyl (C=S) groups is 1. The van der Waals surface area contributed by atoms with E-state index < -0.39 is 0 Å². The van der Waals surface area contributed by atoms with Crippen LogP contribution in [0, 0.1) is 0 Å². The van der Waals surface area contributed by atoms with Crippen molar-refractivity contribution in [2.45, 2.75) is 78.2 Å². The molecule has 2 aromatic rings. The Bertz CT molecular complexity index is 855. The highest BCUT2D eigenvalue weighted by Crippen LogP contribution is 2.38. The zero-order valence-electron chi connectivity index (χ0n) is 18.6. The summed E-state index contributed by atoms with van der Waals surface area (Å²) in [5.74, 6) is 1.42. The van der Waals surface area contributed by atoms with Gasteiger partial charge in [-0.25, -0.2) is 0 Å². The third kappa shape index (κ3) is 4.77. The Morgan fingerprint density at radius 3 is 2.10 bits per heavy atom. The van der Waals surface area contributed by atoms with Gasteiger partial charge in [0.25, 0.3) is 0 Å². The SMILES string of the molecule is CC(C)c1cc(C(C)C)c(C(=S)N2CCC[C@@H]2c2cccc(Br)c2)c(C(C)C)c1. The molecule has 1 atom stereocenters. The highest BCUT2D eigenvalue weighted by Gasteiger charge is 2.31. The minimum Gasteiger partial charge on any atom is -0.355 e. The summed E-state index contributed by atoms with van der Waals surface area (Å²) >= 11 is 9.87. The van der Waals surface area contributed by atoms with Crippen molar-refractivity contribution in [3.05, 3.63) is 68.7 Å². The number of rotatable bonds is 5. The van der Waals surface area contributed by atoms with Gasteiger partial charge < -0.3 is 4.90 Å². The minimum absolute atomic E-state index is 0.366. The second-order valence-corrected chi connectivity index (χ2v) is 10.6. The maximum atomic E-state index is 6.23. The van der Waals surface area contributed by atoms with Crippen molar-refractivity contribution in [2.24, 2.45) is 0 Å². The fraction of sp³-hybridized carbons (Fsp3) is 0.500. The smallest absolute Gasteiger partial charge is 0.110 e. The third-order valence-corrected chi connectivity index (χ3v) is 7.03. The van der Waals surface area contributed by atoms with Gasteiger partial charge in [-0.3, -0.25) is 0 Å². The Hall–Kier alpha value is -1.19. The van der Waals surface area contributed by atoms with E-state index in [2.05, 4.69) is 98.8 Å². The van der Waals surface area contributed by atoms with E-state index in [9.17, 15) is 0 Å². The van der Waals surface area contributed by atoms with Gasteiger partial charge in [-0.1, -0.05) is 94.0 Å². The molecule has 2 aromatic carbocycles. The van der Waals surface area contributed by atoms with Gasteiger partial charge in [0, 0.05) is 16.6 Å². The molecule has 3 rings (SSSR count). The van der Waals surface area contributed by atoms with E-state index in [-0.39, 0.29) is 0 Å². The predicted molar refractivity (Wildman–Crippen MR) is 133 cm³/mol. The molecule has 0 radical (unpaired) electrons. The Kier molecular flexibility index (Phi) is 7.22. The molecule has 1 aliphatic rings. The highest BCUT2D eigenvalue weighted by molar-refractivity contribution is 9.10. The van der Waals surface area contributed by atoms with E-state index >= 15 is 0 Å². The Labute approximate surface area is 191 Å². The Morgan fingerprint density at radius 1 is 0.966 bits per heavy atom. The van der Waals surface area contributed by atoms with Crippen LogP contribution in [-0.4, -0.2) is 16.4 Å². The molecule has 0 N–H and O–H groups in total. The van der Waals surface area contributed by atoms with Crippen LogP contribution >= 0.6 is 28.1 Å². The molecule has 0 spiro atoms. The standard InChI is InChI=1S/C26H34BrNS/c1-16(2)20-14-22(17(3)4)25(23(15-20)18(5)6)26(29)28-12-8-11-24(28)19-9-7-10-21(27)13-19/h7,9-10,13-18,24H,8,11-12H2,1-6H3/t24-/m1/s1. The summed E-state index contributed by atoms with van der Waals surface area (Å²) in [5, 5.41) is 0. The molecule has 0 aliphatic carbocycles. The van der Waals surface area contributed by atoms with Crippen LogP contribution in [0.4, 0.5) is 0 Å². The molecular weight excluding hydrogens is 438 g/mol. The van der Waals surface area contributed by atoms with Crippen LogP contribution in [0.3, 0.4) is 0 Å². The van der Waals surface area contributed by atoms with Gasteiger partial charge in [0.15, 0.2) is 0 Å². The Balaban J connectivity index is 2.10. The monoisotopic (exact) mass is 471 g/mol. The van der Waals surface area contributed by atoms with Crippen LogP contribution in [0.15, 0.2) is 40.9 Å². The number of hydrogen-bond donors (Lipinski definition) is 0. The van der Waals surface area contributed by atoms with Crippen molar-refractivity contribution in [1.82, 2.24) is 4.90 Å². The van der Waals surface area contributed by atoms with Gasteiger partial charge in [-0.2, -0.15) is 0 Å². The first kappa shape index (κ1) is 22.5. The van der Waals surface area contributed by atoms with Gasteiger partial charge in [0.1, 0.15) is 4.99 Å². The van der Waals surface area contributed by atoms with Crippen LogP contribution in [0.2, 0.25) is 0 Å². The molecule has 156 valence electrons. The second-order valence-electron chi connectivity index (χ2n) is 9.25. The zero-order valence-corrected chi connectivity index (χ0v) is 21.0. The molecule has 0 bridgehead atoms. The lowest BCUT2D eigenvalue weighted by atomic mass is 9.84. The van der Waals surface area contributed by atoms with Crippen LogP contribution in [-0.2, 0) is 0 Å². The van der Waals surface area contributed by atoms with Crippen LogP contribution < -0.4 is 0 Å². The van der Waals surface area contributed by atoms with E-state index in [0.29, 0.717) is 23.8 Å². The zero-order chi connectivity index (χ0) is 21.3. The third-order valence-electron chi connectivity index (χ3n) is 6.09. The van der Waals surface area contributed by atoms with Crippen LogP contribution in [0.5, 0.6) is 0 Å². The van der Waals surface area contributed by atoms with E-state index in [0.717, 1.165) is 22.4 Å². The van der Waals surface area contributed by atoms with Crippen molar-refractivity contribution in [2.75, 3.05) is 6.54 Å². The summed E-state index contributed by atoms with van der Waals surface area (Å²) in [7, 11) is 0. The second kappa shape index (κ2) is 9.31. The molecular formula is C26H34BrNS. The first-order chi connectivity index (χ1) is 13.7. The van der Waals surface area contributed by atoms with Crippen LogP contribution in [0.1, 0.15) is 106 Å². The van der Waals surface area contributed by atoms with E-state index in [1.54, 1.807) is 0 Å². The molecule has 3 heteroatoms. The number of halogens is 1. The maximum Gasteiger partial charge on any atom is 0.110 e. The fourth-order valence-corrected chi connectivity index (χ4v) is 5.29. The maximum absolute atomic E-state index is 6.23. The van der Waals surface area contributed by atoms with E-state index in [1.165, 1.54) is 34.2 Å². The molecule has 1 heterocycles. The van der Waals surface area contributed by atoms with Crippen molar-refractivity contribution in [3.8, 4) is 0 Å². The number of likely N-dealkylation sites (tertiary alicyclic amines) is 1. The van der Waals surface area contributed by atoms with Crippen molar-refractivity contribution < 1.29 is 0 Å². The lowest BCUT2D eigenvalue weighted by Crippen LogP contribution is -2.31. The summed E-state index contributed by atoms with van der Waals surface area (Å²) in [6.07, 6.45) is 2.35. The molecule has 0 amide bonds. The molecule has 0 saturated carbocycles. The average molecular weight is 473 g/mol. The number of nitrogens with zero attached hydrogens (tertiary/aromatic N) is 1. The molecule has 0 aromatic heterocycles. The summed E-state index contributed by atoms with van der Waals surface area (Å²) < 4.78 is 1.14. The summed E-state index contributed by atoms with van der Waals surface area (Å²) in [6, 6.07) is 13.9. The van der Waals surface area contributed by atoms with Gasteiger partial charge in [0.2, 0.25) is 0 Å². The summed E-state index contributed by atoms with van der Waals surface area (Å²) in [4.78, 5) is 3.52. The average Bonchev–Trinajstić information content (AvgIpc) is 3.16. The summed E-state index contributed by atoms with van der Waals surface area (Å²) in [5.41, 5.74) is 6.91. The molecule has 1 fully saturated rings. The van der Waals surface area contributed by atoms with Crippen molar-refractivity contribution in [3.63, 3.8) is 0 Å². The van der Waals surface area contributed by atoms with Crippen molar-refractivity contribution >= 4 is 33.1 Å². The quantitative estimate of drug-likeness (QED) is 0.403. The van der Waals surface area contributed by atoms with Gasteiger partial charge >= 0.3 is 0 Å². The minimum atomic E-state index is 0.366. The fourth-order valence-electron chi connectivity index (χ4n) is 4.42. The van der Waals surface area contributed by atoms with Gasteiger partial charge in [0.05, 0.1) is 6.04 Å². The lowest BCUT2D eigenvalue weighted by Gasteiger charge is -2.32. The molecule has 0 unspecified atom stereocenters. The van der Waals surface area contributed by atoms with Crippen molar-refractivity contribution in [1.29, 1.82) is 0 Å². The molecule has 1 nitrogen and oxygen atoms in total. The molecule has 29 heavy (non-hydrogen) atoms. The molecule has 1 saturated heterocycles. The highest BCUT2D eigenvalue weighted by atomic mass is 79.9. The lowest BCUT2D eigenvalue weighted by molar-refractivity contribution is 0.407. The number of benzene rings is 2. The summed E-state index contributed by atoms with van der Waals surface area (Å²) in [6.45, 7) is 14.8. The topological polar surface area (TPSA) is 3.24 Å². The number of hydrogen-bond acceptors (Lipinski definition) is 1. The predicted octanol–water partition coefficient (Wildman–Crippen LogP) is 8.33. The van der Waals surface area contributed by atoms with E-state index in [4.69, 9.17) is 12.2 Å². The van der Waals surface area contributed by atoms with Crippen LogP contribution in [0.25, 0.3) is 0 Å². The van der Waals surface area contributed by atoms with Gasteiger partial charge in [-0.15, -0.1) is 0 Å². The first-order valence-corrected chi connectivity index (χ1v) is 12.1. The molecule has 1 aliphatic heterocycles. The first-order valence-electron chi connectivity index (χ1n) is 10.9. The van der Waals surface area contributed by atoms with E-state index in [1.807, 2.05) is 0 Å². The largest absolute Gasteiger partial charge is 0.355 e. The Morgan fingerprint density at radius 2 is 1.59 bits per heavy atom.